The Morgan fingerprint density at radius 3 is 2.16 bits per heavy atom. The highest BCUT2D eigenvalue weighted by molar-refractivity contribution is 7.89. The maximum Gasteiger partial charge on any atom is 0.434 e. The zero-order chi connectivity index (χ0) is 18.2. The van der Waals surface area contributed by atoms with Gasteiger partial charge < -0.3 is 4.90 Å². The van der Waals surface area contributed by atoms with E-state index in [9.17, 15) is 26.0 Å². The van der Waals surface area contributed by atoms with Crippen molar-refractivity contribution in [2.75, 3.05) is 31.1 Å². The summed E-state index contributed by atoms with van der Waals surface area (Å²) in [5.74, 6) is -0.534. The summed E-state index contributed by atoms with van der Waals surface area (Å²) in [4.78, 5) is 5.17. The molecule has 0 aliphatic carbocycles. The van der Waals surface area contributed by atoms with Crippen molar-refractivity contribution in [2.45, 2.75) is 11.1 Å². The van der Waals surface area contributed by atoms with Crippen LogP contribution in [0.15, 0.2) is 34.5 Å². The Kier molecular flexibility index (Phi) is 4.73. The van der Waals surface area contributed by atoms with Gasteiger partial charge in [-0.05, 0) is 24.3 Å². The van der Waals surface area contributed by atoms with Crippen LogP contribution in [0.4, 0.5) is 22.7 Å². The average Bonchev–Trinajstić information content (AvgIpc) is 3.06. The third-order valence-electron chi connectivity index (χ3n) is 3.74. The SMILES string of the molecule is O=S(=O)(c1ccc(F)cc1)N1CCN(c2nc(C(F)(F)F)cs2)CC1. The van der Waals surface area contributed by atoms with Gasteiger partial charge in [0.15, 0.2) is 10.8 Å². The van der Waals surface area contributed by atoms with Gasteiger partial charge in [0.05, 0.1) is 4.90 Å². The summed E-state index contributed by atoms with van der Waals surface area (Å²) >= 11 is 0.875. The number of piperazine rings is 1. The van der Waals surface area contributed by atoms with Crippen molar-refractivity contribution < 1.29 is 26.0 Å². The number of sulfonamides is 1. The van der Waals surface area contributed by atoms with Gasteiger partial charge in [-0.1, -0.05) is 0 Å². The number of anilines is 1. The lowest BCUT2D eigenvalue weighted by Crippen LogP contribution is -2.48. The predicted octanol–water partition coefficient (Wildman–Crippen LogP) is 2.81. The van der Waals surface area contributed by atoms with Gasteiger partial charge in [0.1, 0.15) is 5.82 Å². The van der Waals surface area contributed by atoms with E-state index in [1.54, 1.807) is 4.90 Å². The molecule has 0 amide bonds. The molecule has 25 heavy (non-hydrogen) atoms. The minimum absolute atomic E-state index is 0.0176. The van der Waals surface area contributed by atoms with Crippen molar-refractivity contribution in [3.05, 3.63) is 41.2 Å². The standard InChI is InChI=1S/C14H13F4N3O2S2/c15-10-1-3-11(4-2-10)25(22,23)21-7-5-20(6-8-21)13-19-12(9-24-13)14(16,17)18/h1-4,9H,5-8H2. The Bertz CT molecular complexity index is 842. The molecule has 1 saturated heterocycles. The molecule has 0 spiro atoms. The van der Waals surface area contributed by atoms with Gasteiger partial charge in [-0.25, -0.2) is 17.8 Å². The first kappa shape index (κ1) is 18.1. The van der Waals surface area contributed by atoms with Crippen molar-refractivity contribution in [3.8, 4) is 0 Å². The minimum Gasteiger partial charge on any atom is -0.345 e. The lowest BCUT2D eigenvalue weighted by atomic mass is 10.4. The quantitative estimate of drug-likeness (QED) is 0.750. The van der Waals surface area contributed by atoms with Crippen LogP contribution >= 0.6 is 11.3 Å². The Hall–Kier alpha value is -1.72. The maximum absolute atomic E-state index is 12.9. The van der Waals surface area contributed by atoms with E-state index >= 15 is 0 Å². The Balaban J connectivity index is 1.69. The van der Waals surface area contributed by atoms with Gasteiger partial charge in [0.2, 0.25) is 10.0 Å². The van der Waals surface area contributed by atoms with E-state index in [0.29, 0.717) is 0 Å². The highest BCUT2D eigenvalue weighted by Crippen LogP contribution is 2.33. The molecule has 5 nitrogen and oxygen atoms in total. The fourth-order valence-corrected chi connectivity index (χ4v) is 4.72. The summed E-state index contributed by atoms with van der Waals surface area (Å²) in [6, 6.07) is 4.51. The van der Waals surface area contributed by atoms with Crippen LogP contribution < -0.4 is 4.90 Å². The molecule has 0 N–H and O–H groups in total. The molecule has 0 saturated carbocycles. The van der Waals surface area contributed by atoms with Crippen LogP contribution in [-0.4, -0.2) is 43.9 Å². The number of thiazole rings is 1. The average molecular weight is 395 g/mol. The molecule has 0 unspecified atom stereocenters. The van der Waals surface area contributed by atoms with Crippen LogP contribution in [0.1, 0.15) is 5.69 Å². The van der Waals surface area contributed by atoms with Crippen LogP contribution in [0.25, 0.3) is 0 Å². The number of alkyl halides is 3. The zero-order valence-electron chi connectivity index (χ0n) is 12.7. The van der Waals surface area contributed by atoms with Gasteiger partial charge in [-0.2, -0.15) is 17.5 Å². The molecule has 1 aromatic heterocycles. The molecule has 0 bridgehead atoms. The van der Waals surface area contributed by atoms with Gasteiger partial charge in [0, 0.05) is 31.6 Å². The van der Waals surface area contributed by atoms with E-state index < -0.39 is 27.7 Å². The molecule has 11 heteroatoms. The van der Waals surface area contributed by atoms with Crippen molar-refractivity contribution in [2.24, 2.45) is 0 Å². The molecule has 1 fully saturated rings. The molecular formula is C14H13F4N3O2S2. The Morgan fingerprint density at radius 2 is 1.64 bits per heavy atom. The van der Waals surface area contributed by atoms with Gasteiger partial charge in [-0.15, -0.1) is 11.3 Å². The number of rotatable bonds is 3. The van der Waals surface area contributed by atoms with Gasteiger partial charge >= 0.3 is 6.18 Å². The van der Waals surface area contributed by atoms with Crippen molar-refractivity contribution in [1.82, 2.24) is 9.29 Å². The summed E-state index contributed by atoms with van der Waals surface area (Å²) in [6.45, 7) is 0.678. The Morgan fingerprint density at radius 1 is 1.04 bits per heavy atom. The van der Waals surface area contributed by atoms with Gasteiger partial charge in [0.25, 0.3) is 0 Å². The number of halogens is 4. The molecule has 3 rings (SSSR count). The van der Waals surface area contributed by atoms with Crippen molar-refractivity contribution in [1.29, 1.82) is 0 Å². The number of benzene rings is 1. The second-order valence-electron chi connectivity index (χ2n) is 5.36. The third kappa shape index (κ3) is 3.77. The monoisotopic (exact) mass is 395 g/mol. The molecule has 1 aliphatic rings. The highest BCUT2D eigenvalue weighted by atomic mass is 32.2. The molecule has 2 aromatic rings. The second kappa shape index (κ2) is 6.54. The normalized spacial score (nSPS) is 17.0. The smallest absolute Gasteiger partial charge is 0.345 e. The van der Waals surface area contributed by atoms with Crippen LogP contribution in [0.5, 0.6) is 0 Å². The van der Waals surface area contributed by atoms with E-state index in [0.717, 1.165) is 28.8 Å². The number of aromatic nitrogens is 1. The van der Waals surface area contributed by atoms with Crippen LogP contribution in [0.3, 0.4) is 0 Å². The fraction of sp³-hybridized carbons (Fsp3) is 0.357. The molecule has 136 valence electrons. The number of hydrogen-bond acceptors (Lipinski definition) is 5. The highest BCUT2D eigenvalue weighted by Gasteiger charge is 2.35. The van der Waals surface area contributed by atoms with Crippen molar-refractivity contribution in [3.63, 3.8) is 0 Å². The molecule has 0 atom stereocenters. The van der Waals surface area contributed by atoms with Crippen LogP contribution in [0, 0.1) is 5.82 Å². The first-order valence-corrected chi connectivity index (χ1v) is 9.53. The molecule has 2 heterocycles. The van der Waals surface area contributed by atoms with Crippen LogP contribution in [-0.2, 0) is 16.2 Å². The predicted molar refractivity (Wildman–Crippen MR) is 84.5 cm³/mol. The summed E-state index contributed by atoms with van der Waals surface area (Å²) in [6.07, 6.45) is -4.50. The summed E-state index contributed by atoms with van der Waals surface area (Å²) in [5.41, 5.74) is -0.950. The number of hydrogen-bond donors (Lipinski definition) is 0. The van der Waals surface area contributed by atoms with Crippen molar-refractivity contribution >= 4 is 26.5 Å². The van der Waals surface area contributed by atoms with E-state index in [2.05, 4.69) is 4.98 Å². The first-order valence-electron chi connectivity index (χ1n) is 7.21. The second-order valence-corrected chi connectivity index (χ2v) is 8.13. The van der Waals surface area contributed by atoms with Gasteiger partial charge in [-0.3, -0.25) is 0 Å². The van der Waals surface area contributed by atoms with Crippen LogP contribution in [0.2, 0.25) is 0 Å². The third-order valence-corrected chi connectivity index (χ3v) is 6.56. The minimum atomic E-state index is -4.50. The summed E-state index contributed by atoms with van der Waals surface area (Å²) in [7, 11) is -3.76. The summed E-state index contributed by atoms with van der Waals surface area (Å²) < 4.78 is 77.0. The molecular weight excluding hydrogens is 382 g/mol. The largest absolute Gasteiger partial charge is 0.434 e. The van der Waals surface area contributed by atoms with E-state index in [-0.39, 0.29) is 36.2 Å². The topological polar surface area (TPSA) is 53.5 Å². The zero-order valence-corrected chi connectivity index (χ0v) is 14.3. The maximum atomic E-state index is 12.9. The fourth-order valence-electron chi connectivity index (χ4n) is 2.42. The Labute approximate surface area is 145 Å². The lowest BCUT2D eigenvalue weighted by Gasteiger charge is -2.33. The lowest BCUT2D eigenvalue weighted by molar-refractivity contribution is -0.140. The molecule has 1 aliphatic heterocycles. The van der Waals surface area contributed by atoms with E-state index in [1.807, 2.05) is 0 Å². The number of nitrogens with zero attached hydrogens (tertiary/aromatic N) is 3. The first-order chi connectivity index (χ1) is 11.7. The van der Waals surface area contributed by atoms with E-state index in [4.69, 9.17) is 0 Å². The van der Waals surface area contributed by atoms with E-state index in [1.165, 1.54) is 16.4 Å². The molecule has 0 radical (unpaired) electrons. The molecule has 1 aromatic carbocycles. The summed E-state index contributed by atoms with van der Waals surface area (Å²) in [5, 5.41) is 1.16.